The smallest absolute Gasteiger partial charge is 0.341 e. The van der Waals surface area contributed by atoms with E-state index in [4.69, 9.17) is 4.74 Å². The molecule has 5 heterocycles. The highest BCUT2D eigenvalue weighted by Gasteiger charge is 2.47. The molecule has 3 aromatic rings. The highest BCUT2D eigenvalue weighted by molar-refractivity contribution is 6.23. The van der Waals surface area contributed by atoms with Crippen molar-refractivity contribution in [3.05, 3.63) is 59.0 Å². The Labute approximate surface area is 342 Å². The van der Waals surface area contributed by atoms with Gasteiger partial charge in [-0.2, -0.15) is 13.8 Å². The van der Waals surface area contributed by atoms with Crippen molar-refractivity contribution in [2.45, 2.75) is 63.0 Å². The Morgan fingerprint density at radius 3 is 2.45 bits per heavy atom. The number of imide groups is 2. The van der Waals surface area contributed by atoms with Crippen LogP contribution in [-0.4, -0.2) is 131 Å². The first-order chi connectivity index (χ1) is 28.8. The number of methoxy groups -OCH3 is 1. The summed E-state index contributed by atoms with van der Waals surface area (Å²) < 4.78 is 50.7. The first kappa shape index (κ1) is 40.5. The third kappa shape index (κ3) is 7.90. The zero-order valence-electron chi connectivity index (χ0n) is 32.7. The van der Waals surface area contributed by atoms with E-state index in [1.807, 2.05) is 0 Å². The maximum absolute atomic E-state index is 15.7. The van der Waals surface area contributed by atoms with Gasteiger partial charge in [-0.3, -0.25) is 43.9 Å². The quantitative estimate of drug-likeness (QED) is 0.162. The molecule has 1 aliphatic carbocycles. The van der Waals surface area contributed by atoms with Crippen molar-refractivity contribution in [2.24, 2.45) is 0 Å². The van der Waals surface area contributed by atoms with Gasteiger partial charge in [-0.1, -0.05) is 12.8 Å². The van der Waals surface area contributed by atoms with E-state index in [1.54, 1.807) is 23.1 Å². The van der Waals surface area contributed by atoms with Gasteiger partial charge in [0, 0.05) is 56.9 Å². The number of piperidine rings is 1. The normalized spacial score (nSPS) is 20.7. The number of carbonyl (C=O) groups is 6. The van der Waals surface area contributed by atoms with Crippen molar-refractivity contribution in [1.29, 1.82) is 0 Å². The Hall–Kier alpha value is -6.31. The molecule has 60 heavy (non-hydrogen) atoms. The zero-order valence-corrected chi connectivity index (χ0v) is 32.7. The number of carbonyl (C=O) groups excluding carboxylic acids is 6. The largest absolute Gasteiger partial charge is 0.495 e. The third-order valence-electron chi connectivity index (χ3n) is 11.6. The summed E-state index contributed by atoms with van der Waals surface area (Å²) in [6.45, 7) is 2.22. The number of fused-ring (bicyclic) bond motifs is 2. The van der Waals surface area contributed by atoms with E-state index in [0.29, 0.717) is 64.2 Å². The summed E-state index contributed by atoms with van der Waals surface area (Å²) in [5, 5.41) is 10.6. The van der Waals surface area contributed by atoms with Gasteiger partial charge in [0.15, 0.2) is 5.82 Å². The van der Waals surface area contributed by atoms with Crippen LogP contribution in [0.3, 0.4) is 0 Å². The number of nitrogens with zero attached hydrogens (tertiary/aromatic N) is 6. The number of piperazine rings is 1. The van der Waals surface area contributed by atoms with E-state index in [0.717, 1.165) is 23.8 Å². The number of anilines is 5. The molecule has 20 heteroatoms. The van der Waals surface area contributed by atoms with E-state index < -0.39 is 59.8 Å². The summed E-state index contributed by atoms with van der Waals surface area (Å²) in [7, 11) is 1.36. The van der Waals surface area contributed by atoms with Crippen LogP contribution in [0.4, 0.5) is 42.0 Å². The van der Waals surface area contributed by atoms with Gasteiger partial charge in [-0.25, -0.2) is 9.37 Å². The van der Waals surface area contributed by atoms with Gasteiger partial charge in [-0.15, -0.1) is 0 Å². The molecule has 17 nitrogen and oxygen atoms in total. The molecule has 1 atom stereocenters. The van der Waals surface area contributed by atoms with E-state index in [1.165, 1.54) is 24.3 Å². The molecule has 0 radical (unpaired) electrons. The molecule has 2 saturated heterocycles. The summed E-state index contributed by atoms with van der Waals surface area (Å²) in [5.41, 5.74) is 0.981. The molecule has 2 aromatic carbocycles. The molecule has 4 N–H and O–H groups in total. The molecular weight excluding hydrogens is 789 g/mol. The topological polar surface area (TPSA) is 199 Å². The number of amides is 6. The number of halogens is 3. The van der Waals surface area contributed by atoms with E-state index >= 15 is 4.39 Å². The summed E-state index contributed by atoms with van der Waals surface area (Å²) >= 11 is 0. The predicted molar refractivity (Wildman–Crippen MR) is 210 cm³/mol. The molecule has 3 fully saturated rings. The number of hydrogen-bond acceptors (Lipinski definition) is 13. The monoisotopic (exact) mass is 832 g/mol. The predicted octanol–water partition coefficient (Wildman–Crippen LogP) is 3.37. The number of nitrogens with one attached hydrogen (secondary N) is 4. The van der Waals surface area contributed by atoms with E-state index in [2.05, 4.69) is 36.1 Å². The first-order valence-electron chi connectivity index (χ1n) is 19.9. The number of benzene rings is 2. The molecule has 6 amide bonds. The van der Waals surface area contributed by atoms with Crippen LogP contribution in [0.5, 0.6) is 5.75 Å². The van der Waals surface area contributed by atoms with Gasteiger partial charge in [0.05, 0.1) is 42.2 Å². The second-order valence-electron chi connectivity index (χ2n) is 15.4. The Kier molecular flexibility index (Phi) is 11.1. The first-order valence-corrected chi connectivity index (χ1v) is 19.9. The molecule has 316 valence electrons. The minimum Gasteiger partial charge on any atom is -0.495 e. The fourth-order valence-electron chi connectivity index (χ4n) is 8.40. The lowest BCUT2D eigenvalue weighted by Crippen LogP contribution is -2.54. The lowest BCUT2D eigenvalue weighted by molar-refractivity contribution is -0.138. The molecule has 1 aromatic heterocycles. The van der Waals surface area contributed by atoms with E-state index in [-0.39, 0.29) is 64.5 Å². The van der Waals surface area contributed by atoms with Crippen LogP contribution >= 0.6 is 0 Å². The molecular formula is C40H43F3N10O7. The third-order valence-corrected chi connectivity index (χ3v) is 11.6. The van der Waals surface area contributed by atoms with Crippen molar-refractivity contribution in [3.63, 3.8) is 0 Å². The molecule has 1 saturated carbocycles. The summed E-state index contributed by atoms with van der Waals surface area (Å²) in [4.78, 5) is 90.6. The highest BCUT2D eigenvalue weighted by atomic mass is 19.3. The Morgan fingerprint density at radius 1 is 0.967 bits per heavy atom. The van der Waals surface area contributed by atoms with Gasteiger partial charge in [0.2, 0.25) is 17.8 Å². The van der Waals surface area contributed by atoms with Crippen LogP contribution in [0.2, 0.25) is 0 Å². The van der Waals surface area contributed by atoms with E-state index in [9.17, 15) is 37.5 Å². The number of ether oxygens (including phenoxy) is 1. The lowest BCUT2D eigenvalue weighted by atomic mass is 10.0. The van der Waals surface area contributed by atoms with Crippen molar-refractivity contribution in [2.75, 3.05) is 73.8 Å². The molecule has 8 rings (SSSR count). The number of hydrogen-bond donors (Lipinski definition) is 4. The standard InChI is InChI=1S/C40H43F3N10O7/c1-60-31-18-26(27(41)19-28(31)47-39-45-20-29-33(49-39)52(23-5-2-3-6-23)21-40(42,43)38(59)46-29)35(56)51-15-13-50(14-16-51)12-4-11-44-22-7-8-24-25(17-22)37(58)53(36(24)57)30-9-10-32(54)48-34(30)55/h7-8,17-20,23,30,44H,2-6,9-16,21H2,1H3,(H,46,59)(H,45,47,49)(H,48,54,55). The van der Waals surface area contributed by atoms with Gasteiger partial charge in [-0.05, 0) is 56.5 Å². The van der Waals surface area contributed by atoms with Crippen molar-refractivity contribution < 1.29 is 46.7 Å². The fraction of sp³-hybridized carbons (Fsp3) is 0.450. The summed E-state index contributed by atoms with van der Waals surface area (Å²) in [5.74, 6) is -8.45. The fourth-order valence-corrected chi connectivity index (χ4v) is 8.40. The second-order valence-corrected chi connectivity index (χ2v) is 15.4. The number of rotatable bonds is 11. The van der Waals surface area contributed by atoms with Crippen molar-refractivity contribution in [1.82, 2.24) is 30.0 Å². The van der Waals surface area contributed by atoms with Gasteiger partial charge in [0.25, 0.3) is 23.6 Å². The molecule has 4 aliphatic heterocycles. The molecule has 1 unspecified atom stereocenters. The average molecular weight is 833 g/mol. The highest BCUT2D eigenvalue weighted by Crippen LogP contribution is 2.39. The molecule has 5 aliphatic rings. The summed E-state index contributed by atoms with van der Waals surface area (Å²) in [6.07, 6.45) is 5.13. The SMILES string of the molecule is COc1cc(C(=O)N2CCN(CCCNc3ccc4c(c3)C(=O)N(C3CCC(=O)NC3=O)C4=O)CC2)c(F)cc1Nc1ncc2c(n1)N(C1CCCC1)CC(F)(F)C(=O)N2. The molecule has 0 spiro atoms. The average Bonchev–Trinajstić information content (AvgIpc) is 3.83. The maximum atomic E-state index is 15.7. The Balaban J connectivity index is 0.843. The lowest BCUT2D eigenvalue weighted by Gasteiger charge is -2.35. The minimum absolute atomic E-state index is 0.0403. The van der Waals surface area contributed by atoms with Crippen LogP contribution in [0.25, 0.3) is 0 Å². The maximum Gasteiger partial charge on any atom is 0.341 e. The summed E-state index contributed by atoms with van der Waals surface area (Å²) in [6, 6.07) is 5.94. The number of aromatic nitrogens is 2. The second kappa shape index (κ2) is 16.4. The van der Waals surface area contributed by atoms with Gasteiger partial charge >= 0.3 is 5.92 Å². The van der Waals surface area contributed by atoms with Crippen molar-refractivity contribution >= 4 is 64.3 Å². The van der Waals surface area contributed by atoms with Crippen LogP contribution < -0.4 is 30.9 Å². The van der Waals surface area contributed by atoms with Crippen LogP contribution in [0, 0.1) is 5.82 Å². The minimum atomic E-state index is -3.65. The van der Waals surface area contributed by atoms with Crippen LogP contribution in [-0.2, 0) is 14.4 Å². The van der Waals surface area contributed by atoms with Crippen LogP contribution in [0.15, 0.2) is 36.5 Å². The van der Waals surface area contributed by atoms with Crippen molar-refractivity contribution in [3.8, 4) is 5.75 Å². The van der Waals surface area contributed by atoms with Gasteiger partial charge in [0.1, 0.15) is 23.3 Å². The number of alkyl halides is 2. The van der Waals surface area contributed by atoms with Crippen LogP contribution in [0.1, 0.15) is 76.0 Å². The molecule has 0 bridgehead atoms. The zero-order chi connectivity index (χ0) is 42.3. The Morgan fingerprint density at radius 2 is 1.72 bits per heavy atom. The van der Waals surface area contributed by atoms with Gasteiger partial charge < -0.3 is 30.5 Å². The Bertz CT molecular complexity index is 2260.